The molecule has 110 valence electrons. The highest BCUT2D eigenvalue weighted by molar-refractivity contribution is 9.10. The lowest BCUT2D eigenvalue weighted by atomic mass is 10.1. The van der Waals surface area contributed by atoms with Gasteiger partial charge in [-0.3, -0.25) is 0 Å². The fraction of sp³-hybridized carbons (Fsp3) is 0.375. The van der Waals surface area contributed by atoms with Gasteiger partial charge in [0.2, 0.25) is 0 Å². The highest BCUT2D eigenvalue weighted by Crippen LogP contribution is 2.43. The molecule has 1 aliphatic rings. The van der Waals surface area contributed by atoms with Crippen LogP contribution in [0.15, 0.2) is 34.8 Å². The molecule has 3 nitrogen and oxygen atoms in total. The van der Waals surface area contributed by atoms with Gasteiger partial charge in [0.25, 0.3) is 0 Å². The van der Waals surface area contributed by atoms with Crippen molar-refractivity contribution in [3.05, 3.63) is 45.8 Å². The molecule has 0 bridgehead atoms. The summed E-state index contributed by atoms with van der Waals surface area (Å²) in [6.07, 6.45) is 2.29. The summed E-state index contributed by atoms with van der Waals surface area (Å²) in [6.45, 7) is 2.65. The molecule has 0 N–H and O–H groups in total. The molecular formula is C16H16BrClN2O. The molecule has 1 aromatic heterocycles. The molecule has 21 heavy (non-hydrogen) atoms. The lowest BCUT2D eigenvalue weighted by Crippen LogP contribution is -2.12. The summed E-state index contributed by atoms with van der Waals surface area (Å²) in [7, 11) is 0. The van der Waals surface area contributed by atoms with E-state index in [0.717, 1.165) is 15.7 Å². The Morgan fingerprint density at radius 1 is 1.29 bits per heavy atom. The van der Waals surface area contributed by atoms with E-state index in [1.807, 2.05) is 37.3 Å². The third kappa shape index (κ3) is 3.28. The van der Waals surface area contributed by atoms with E-state index in [-0.39, 0.29) is 6.10 Å². The zero-order valence-corrected chi connectivity index (χ0v) is 14.1. The van der Waals surface area contributed by atoms with E-state index in [1.165, 1.54) is 12.8 Å². The van der Waals surface area contributed by atoms with Crippen LogP contribution in [0, 0.1) is 5.92 Å². The third-order valence-corrected chi connectivity index (χ3v) is 4.78. The van der Waals surface area contributed by atoms with Crippen LogP contribution >= 0.6 is 27.5 Å². The maximum absolute atomic E-state index is 6.28. The van der Waals surface area contributed by atoms with Crippen LogP contribution < -0.4 is 0 Å². The smallest absolute Gasteiger partial charge is 0.159 e. The zero-order chi connectivity index (χ0) is 14.8. The minimum atomic E-state index is -0.0527. The van der Waals surface area contributed by atoms with Gasteiger partial charge in [-0.05, 0) is 41.6 Å². The average Bonchev–Trinajstić information content (AvgIpc) is 3.33. The summed E-state index contributed by atoms with van der Waals surface area (Å²) in [5.74, 6) is 1.21. The van der Waals surface area contributed by atoms with Gasteiger partial charge in [-0.25, -0.2) is 9.97 Å². The van der Waals surface area contributed by atoms with Crippen LogP contribution in [-0.2, 0) is 4.74 Å². The first-order chi connectivity index (χ1) is 10.2. The Bertz CT molecular complexity index is 632. The number of halogens is 2. The number of aromatic nitrogens is 2. The van der Waals surface area contributed by atoms with Gasteiger partial charge in [-0.2, -0.15) is 0 Å². The monoisotopic (exact) mass is 366 g/mol. The standard InChI is InChI=1S/C16H16BrClN2O/c1-2-21-14(11-8-9-11)16-19-13(12(17)15(18)20-16)10-6-4-3-5-7-10/h3-7,11,14H,2,8-9H2,1H3. The number of benzene rings is 1. The summed E-state index contributed by atoms with van der Waals surface area (Å²) in [5.41, 5.74) is 1.83. The minimum Gasteiger partial charge on any atom is -0.370 e. The van der Waals surface area contributed by atoms with Crippen molar-refractivity contribution in [2.24, 2.45) is 5.92 Å². The number of ether oxygens (including phenoxy) is 1. The molecule has 1 fully saturated rings. The second-order valence-electron chi connectivity index (χ2n) is 5.11. The van der Waals surface area contributed by atoms with E-state index in [9.17, 15) is 0 Å². The van der Waals surface area contributed by atoms with E-state index in [2.05, 4.69) is 20.9 Å². The van der Waals surface area contributed by atoms with Crippen molar-refractivity contribution >= 4 is 27.5 Å². The van der Waals surface area contributed by atoms with Gasteiger partial charge >= 0.3 is 0 Å². The summed E-state index contributed by atoms with van der Waals surface area (Å²) in [6, 6.07) is 9.98. The molecule has 2 aromatic rings. The lowest BCUT2D eigenvalue weighted by Gasteiger charge is -2.17. The first kappa shape index (κ1) is 14.9. The van der Waals surface area contributed by atoms with Crippen LogP contribution in [0.25, 0.3) is 11.3 Å². The Morgan fingerprint density at radius 2 is 2.00 bits per heavy atom. The van der Waals surface area contributed by atoms with E-state index < -0.39 is 0 Å². The molecule has 0 aliphatic heterocycles. The van der Waals surface area contributed by atoms with Crippen LogP contribution in [0.5, 0.6) is 0 Å². The van der Waals surface area contributed by atoms with Crippen LogP contribution in [-0.4, -0.2) is 16.6 Å². The van der Waals surface area contributed by atoms with Crippen molar-refractivity contribution < 1.29 is 4.74 Å². The maximum atomic E-state index is 6.28. The molecule has 1 atom stereocenters. The predicted molar refractivity (Wildman–Crippen MR) is 87.3 cm³/mol. The van der Waals surface area contributed by atoms with Gasteiger partial charge in [0.15, 0.2) is 5.82 Å². The molecule has 1 aromatic carbocycles. The Morgan fingerprint density at radius 3 is 2.62 bits per heavy atom. The van der Waals surface area contributed by atoms with Crippen molar-refractivity contribution in [1.82, 2.24) is 9.97 Å². The second kappa shape index (κ2) is 6.42. The third-order valence-electron chi connectivity index (χ3n) is 3.53. The Kier molecular flexibility index (Phi) is 4.57. The molecule has 0 saturated heterocycles. The molecule has 1 aliphatic carbocycles. The SMILES string of the molecule is CCOC(c1nc(Cl)c(Br)c(-c2ccccc2)n1)C1CC1. The Balaban J connectivity index is 2.04. The molecular weight excluding hydrogens is 352 g/mol. The molecule has 3 rings (SSSR count). The zero-order valence-electron chi connectivity index (χ0n) is 11.7. The van der Waals surface area contributed by atoms with Crippen molar-refractivity contribution in [1.29, 1.82) is 0 Å². The quantitative estimate of drug-likeness (QED) is 0.694. The van der Waals surface area contributed by atoms with Crippen molar-refractivity contribution in [3.63, 3.8) is 0 Å². The maximum Gasteiger partial charge on any atom is 0.159 e. The fourth-order valence-electron chi connectivity index (χ4n) is 2.35. The first-order valence-electron chi connectivity index (χ1n) is 7.10. The number of hydrogen-bond acceptors (Lipinski definition) is 3. The summed E-state index contributed by atoms with van der Waals surface area (Å²) in [5, 5.41) is 0.434. The second-order valence-corrected chi connectivity index (χ2v) is 6.27. The van der Waals surface area contributed by atoms with Gasteiger partial charge in [0.1, 0.15) is 11.3 Å². The fourth-order valence-corrected chi connectivity index (χ4v) is 2.93. The van der Waals surface area contributed by atoms with Crippen molar-refractivity contribution in [2.45, 2.75) is 25.9 Å². The van der Waals surface area contributed by atoms with Crippen molar-refractivity contribution in [2.75, 3.05) is 6.61 Å². The van der Waals surface area contributed by atoms with Crippen LogP contribution in [0.4, 0.5) is 0 Å². The van der Waals surface area contributed by atoms with Crippen molar-refractivity contribution in [3.8, 4) is 11.3 Å². The van der Waals surface area contributed by atoms with Crippen LogP contribution in [0.3, 0.4) is 0 Å². The highest BCUT2D eigenvalue weighted by atomic mass is 79.9. The van der Waals surface area contributed by atoms with Gasteiger partial charge in [0, 0.05) is 12.2 Å². The summed E-state index contributed by atoms with van der Waals surface area (Å²) in [4.78, 5) is 9.14. The van der Waals surface area contributed by atoms with Crippen LogP contribution in [0.1, 0.15) is 31.7 Å². The van der Waals surface area contributed by atoms with Crippen LogP contribution in [0.2, 0.25) is 5.15 Å². The first-order valence-corrected chi connectivity index (χ1v) is 8.27. The van der Waals surface area contributed by atoms with Gasteiger partial charge in [0.05, 0.1) is 10.2 Å². The normalized spacial score (nSPS) is 16.0. The molecule has 5 heteroatoms. The number of hydrogen-bond donors (Lipinski definition) is 0. The molecule has 0 amide bonds. The number of rotatable bonds is 5. The predicted octanol–water partition coefficient (Wildman–Crippen LogP) is 5.05. The van der Waals surface area contributed by atoms with E-state index in [1.54, 1.807) is 0 Å². The van der Waals surface area contributed by atoms with E-state index in [4.69, 9.17) is 21.3 Å². The van der Waals surface area contributed by atoms with E-state index in [0.29, 0.717) is 23.5 Å². The molecule has 1 unspecified atom stereocenters. The lowest BCUT2D eigenvalue weighted by molar-refractivity contribution is 0.0401. The topological polar surface area (TPSA) is 35.0 Å². The Labute approximate surface area is 137 Å². The Hall–Kier alpha value is -0.970. The van der Waals surface area contributed by atoms with E-state index >= 15 is 0 Å². The average molecular weight is 368 g/mol. The van der Waals surface area contributed by atoms with Gasteiger partial charge < -0.3 is 4.74 Å². The minimum absolute atomic E-state index is 0.0527. The molecule has 1 heterocycles. The molecule has 0 radical (unpaired) electrons. The summed E-state index contributed by atoms with van der Waals surface area (Å²) < 4.78 is 6.57. The summed E-state index contributed by atoms with van der Waals surface area (Å²) >= 11 is 9.78. The number of nitrogens with zero attached hydrogens (tertiary/aromatic N) is 2. The van der Waals surface area contributed by atoms with Gasteiger partial charge in [-0.1, -0.05) is 41.9 Å². The largest absolute Gasteiger partial charge is 0.370 e. The van der Waals surface area contributed by atoms with Gasteiger partial charge in [-0.15, -0.1) is 0 Å². The highest BCUT2D eigenvalue weighted by Gasteiger charge is 2.35. The molecule has 1 saturated carbocycles. The molecule has 0 spiro atoms.